The summed E-state index contributed by atoms with van der Waals surface area (Å²) in [5, 5.41) is 14.9. The molecule has 2 N–H and O–H groups in total. The molecule has 0 aliphatic carbocycles. The van der Waals surface area contributed by atoms with Crippen LogP contribution in [0.5, 0.6) is 11.5 Å². The Morgan fingerprint density at radius 2 is 2.00 bits per heavy atom. The van der Waals surface area contributed by atoms with E-state index in [2.05, 4.69) is 19.2 Å². The molecule has 0 amide bonds. The van der Waals surface area contributed by atoms with Crippen LogP contribution >= 0.6 is 11.6 Å². The zero-order valence-electron chi connectivity index (χ0n) is 15.4. The molecule has 26 heavy (non-hydrogen) atoms. The highest BCUT2D eigenvalue weighted by Crippen LogP contribution is 2.39. The van der Waals surface area contributed by atoms with Gasteiger partial charge in [0.15, 0.2) is 11.5 Å². The van der Waals surface area contributed by atoms with Gasteiger partial charge in [-0.15, -0.1) is 0 Å². The Morgan fingerprint density at radius 3 is 2.65 bits per heavy atom. The summed E-state index contributed by atoms with van der Waals surface area (Å²) in [6, 6.07) is 13.3. The molecule has 0 saturated heterocycles. The molecule has 0 bridgehead atoms. The number of rotatable bonds is 5. The molecule has 2 aromatic rings. The summed E-state index contributed by atoms with van der Waals surface area (Å²) in [7, 11) is 1.56. The Balaban J connectivity index is 2.01. The lowest BCUT2D eigenvalue weighted by Gasteiger charge is -2.38. The zero-order valence-corrected chi connectivity index (χ0v) is 16.2. The molecule has 1 aliphatic heterocycles. The summed E-state index contributed by atoms with van der Waals surface area (Å²) >= 11 is 6.04. The van der Waals surface area contributed by atoms with Crippen LogP contribution in [0, 0.1) is 0 Å². The number of nitrogens with zero attached hydrogens (tertiary/aromatic N) is 1. The predicted molar refractivity (Wildman–Crippen MR) is 106 cm³/mol. The molecule has 1 aliphatic rings. The van der Waals surface area contributed by atoms with Crippen molar-refractivity contribution >= 4 is 17.3 Å². The molecule has 0 spiro atoms. The first-order valence-corrected chi connectivity index (χ1v) is 9.32. The molecule has 4 nitrogen and oxygen atoms in total. The van der Waals surface area contributed by atoms with Crippen LogP contribution in [0.1, 0.15) is 50.3 Å². The van der Waals surface area contributed by atoms with Gasteiger partial charge in [0, 0.05) is 28.8 Å². The number of halogens is 1. The third kappa shape index (κ3) is 3.87. The van der Waals surface area contributed by atoms with Gasteiger partial charge in [0.2, 0.25) is 0 Å². The molecule has 3 rings (SSSR count). The third-order valence-corrected chi connectivity index (χ3v) is 5.06. The summed E-state index contributed by atoms with van der Waals surface area (Å²) in [4.78, 5) is 5.00. The van der Waals surface area contributed by atoms with Crippen molar-refractivity contribution in [2.75, 3.05) is 7.11 Å². The summed E-state index contributed by atoms with van der Waals surface area (Å²) in [6.45, 7) is 4.26. The molecule has 0 radical (unpaired) electrons. The lowest BCUT2D eigenvalue weighted by atomic mass is 9.90. The molecule has 0 aromatic heterocycles. The van der Waals surface area contributed by atoms with Crippen LogP contribution in [0.2, 0.25) is 5.02 Å². The Bertz CT molecular complexity index is 804. The number of aliphatic imine (C=N–C) groups is 1. The molecule has 0 saturated carbocycles. The highest BCUT2D eigenvalue weighted by molar-refractivity contribution is 6.30. The van der Waals surface area contributed by atoms with Gasteiger partial charge in [-0.2, -0.15) is 0 Å². The Labute approximate surface area is 159 Å². The van der Waals surface area contributed by atoms with Gasteiger partial charge in [0.05, 0.1) is 7.11 Å². The van der Waals surface area contributed by atoms with Crippen molar-refractivity contribution < 1.29 is 9.84 Å². The number of phenols is 1. The number of ether oxygens (including phenoxy) is 1. The van der Waals surface area contributed by atoms with E-state index in [9.17, 15) is 5.11 Å². The SMILES string of the molecule is CCC[C@]1(C)N=C(c2ccc(Cl)cc2)C[C@H](c2cccc(OC)c2O)N1. The van der Waals surface area contributed by atoms with Gasteiger partial charge >= 0.3 is 0 Å². The number of hydrogen-bond acceptors (Lipinski definition) is 4. The smallest absolute Gasteiger partial charge is 0.162 e. The van der Waals surface area contributed by atoms with Crippen LogP contribution in [0.3, 0.4) is 0 Å². The second kappa shape index (κ2) is 7.68. The molecule has 5 heteroatoms. The molecule has 2 aromatic carbocycles. The fourth-order valence-electron chi connectivity index (χ4n) is 3.61. The normalized spacial score (nSPS) is 22.8. The van der Waals surface area contributed by atoms with Crippen LogP contribution in [-0.2, 0) is 0 Å². The van der Waals surface area contributed by atoms with E-state index in [0.717, 1.165) is 29.7 Å². The average molecular weight is 373 g/mol. The predicted octanol–water partition coefficient (Wildman–Crippen LogP) is 5.09. The number of methoxy groups -OCH3 is 1. The van der Waals surface area contributed by atoms with Crippen molar-refractivity contribution in [3.63, 3.8) is 0 Å². The summed E-state index contributed by atoms with van der Waals surface area (Å²) in [5.41, 5.74) is 2.52. The van der Waals surface area contributed by atoms with Gasteiger partial charge in [-0.25, -0.2) is 0 Å². The first kappa shape index (κ1) is 18.7. The van der Waals surface area contributed by atoms with Gasteiger partial charge in [-0.3, -0.25) is 10.3 Å². The Morgan fingerprint density at radius 1 is 1.27 bits per heavy atom. The average Bonchev–Trinajstić information content (AvgIpc) is 2.62. The number of hydrogen-bond donors (Lipinski definition) is 2. The summed E-state index contributed by atoms with van der Waals surface area (Å²) in [5.74, 6) is 0.667. The fourth-order valence-corrected chi connectivity index (χ4v) is 3.73. The number of aromatic hydroxyl groups is 1. The minimum absolute atomic E-state index is 0.0511. The van der Waals surface area contributed by atoms with Gasteiger partial charge in [0.25, 0.3) is 0 Å². The monoisotopic (exact) mass is 372 g/mol. The first-order chi connectivity index (χ1) is 12.5. The van der Waals surface area contributed by atoms with Gasteiger partial charge in [-0.05, 0) is 37.1 Å². The molecule has 1 heterocycles. The van der Waals surface area contributed by atoms with E-state index >= 15 is 0 Å². The standard InChI is InChI=1S/C21H25ClN2O2/c1-4-12-21(2)23-17(14-8-10-15(22)11-9-14)13-18(24-21)16-6-5-7-19(26-3)20(16)25/h5-11,18,24-25H,4,12-13H2,1-3H3/t18-,21-/m1/s1. The van der Waals surface area contributed by atoms with Gasteiger partial charge < -0.3 is 9.84 Å². The number of para-hydroxylation sites is 1. The maximum absolute atomic E-state index is 10.6. The highest BCUT2D eigenvalue weighted by Gasteiger charge is 2.34. The van der Waals surface area contributed by atoms with Crippen LogP contribution in [0.25, 0.3) is 0 Å². The second-order valence-electron chi connectivity index (χ2n) is 6.89. The van der Waals surface area contributed by atoms with Crippen molar-refractivity contribution in [1.29, 1.82) is 0 Å². The minimum Gasteiger partial charge on any atom is -0.504 e. The number of nitrogens with one attached hydrogen (secondary N) is 1. The van der Waals surface area contributed by atoms with Crippen molar-refractivity contribution in [1.82, 2.24) is 5.32 Å². The Hall–Kier alpha value is -2.04. The lowest BCUT2D eigenvalue weighted by molar-refractivity contribution is 0.281. The van der Waals surface area contributed by atoms with Crippen molar-refractivity contribution in [2.24, 2.45) is 4.99 Å². The first-order valence-electron chi connectivity index (χ1n) is 8.94. The molecule has 138 valence electrons. The van der Waals surface area contributed by atoms with Crippen molar-refractivity contribution in [3.8, 4) is 11.5 Å². The third-order valence-electron chi connectivity index (χ3n) is 4.80. The minimum atomic E-state index is -0.387. The van der Waals surface area contributed by atoms with Gasteiger partial charge in [0.1, 0.15) is 5.66 Å². The quantitative estimate of drug-likeness (QED) is 0.768. The van der Waals surface area contributed by atoms with E-state index in [0.29, 0.717) is 17.2 Å². The highest BCUT2D eigenvalue weighted by atomic mass is 35.5. The molecular weight excluding hydrogens is 348 g/mol. The lowest BCUT2D eigenvalue weighted by Crippen LogP contribution is -2.47. The van der Waals surface area contributed by atoms with E-state index in [1.807, 2.05) is 36.4 Å². The van der Waals surface area contributed by atoms with Crippen molar-refractivity contribution in [2.45, 2.75) is 44.8 Å². The van der Waals surface area contributed by atoms with E-state index < -0.39 is 0 Å². The summed E-state index contributed by atoms with van der Waals surface area (Å²) in [6.07, 6.45) is 2.60. The molecule has 0 fully saturated rings. The van der Waals surface area contributed by atoms with Gasteiger partial charge in [-0.1, -0.05) is 49.2 Å². The van der Waals surface area contributed by atoms with E-state index in [4.69, 9.17) is 21.3 Å². The fraction of sp³-hybridized carbons (Fsp3) is 0.381. The Kier molecular flexibility index (Phi) is 5.54. The van der Waals surface area contributed by atoms with Crippen LogP contribution < -0.4 is 10.1 Å². The van der Waals surface area contributed by atoms with E-state index in [1.165, 1.54) is 0 Å². The molecule has 2 atom stereocenters. The van der Waals surface area contributed by atoms with E-state index in [1.54, 1.807) is 13.2 Å². The largest absolute Gasteiger partial charge is 0.504 e. The maximum atomic E-state index is 10.6. The molecule has 0 unspecified atom stereocenters. The molecular formula is C21H25ClN2O2. The topological polar surface area (TPSA) is 53.9 Å². The van der Waals surface area contributed by atoms with E-state index in [-0.39, 0.29) is 17.5 Å². The zero-order chi connectivity index (χ0) is 18.7. The van der Waals surface area contributed by atoms with Crippen LogP contribution in [-0.4, -0.2) is 23.6 Å². The summed E-state index contributed by atoms with van der Waals surface area (Å²) < 4.78 is 5.28. The number of phenolic OH excluding ortho intramolecular Hbond substituents is 1. The maximum Gasteiger partial charge on any atom is 0.162 e. The van der Waals surface area contributed by atoms with Crippen molar-refractivity contribution in [3.05, 3.63) is 58.6 Å². The second-order valence-corrected chi connectivity index (χ2v) is 7.32. The van der Waals surface area contributed by atoms with Crippen LogP contribution in [0.15, 0.2) is 47.5 Å². The van der Waals surface area contributed by atoms with Crippen LogP contribution in [0.4, 0.5) is 0 Å². The number of benzene rings is 2.